The van der Waals surface area contributed by atoms with E-state index in [0.717, 1.165) is 24.0 Å². The SMILES string of the molecule is CCCC(C)N(C)C(=O)c1cc(C)cc(C#CCO)c1. The third-order valence-electron chi connectivity index (χ3n) is 3.32. The zero-order valence-corrected chi connectivity index (χ0v) is 12.7. The highest BCUT2D eigenvalue weighted by molar-refractivity contribution is 5.94. The third-order valence-corrected chi connectivity index (χ3v) is 3.32. The van der Waals surface area contributed by atoms with Gasteiger partial charge < -0.3 is 10.0 Å². The van der Waals surface area contributed by atoms with Gasteiger partial charge in [-0.05, 0) is 44.0 Å². The first-order valence-corrected chi connectivity index (χ1v) is 6.98. The second kappa shape index (κ2) is 7.72. The van der Waals surface area contributed by atoms with Crippen molar-refractivity contribution in [3.05, 3.63) is 34.9 Å². The molecular weight excluding hydrogens is 250 g/mol. The van der Waals surface area contributed by atoms with Gasteiger partial charge in [0.1, 0.15) is 6.61 Å². The second-order valence-corrected chi connectivity index (χ2v) is 5.10. The molecule has 0 aromatic heterocycles. The smallest absolute Gasteiger partial charge is 0.253 e. The minimum atomic E-state index is -0.176. The summed E-state index contributed by atoms with van der Waals surface area (Å²) in [5.41, 5.74) is 2.41. The van der Waals surface area contributed by atoms with Gasteiger partial charge in [-0.25, -0.2) is 0 Å². The summed E-state index contributed by atoms with van der Waals surface area (Å²) >= 11 is 0. The van der Waals surface area contributed by atoms with Gasteiger partial charge in [-0.3, -0.25) is 4.79 Å². The third kappa shape index (κ3) is 4.40. The maximum Gasteiger partial charge on any atom is 0.253 e. The molecule has 20 heavy (non-hydrogen) atoms. The summed E-state index contributed by atoms with van der Waals surface area (Å²) < 4.78 is 0. The van der Waals surface area contributed by atoms with Gasteiger partial charge in [0, 0.05) is 24.2 Å². The van der Waals surface area contributed by atoms with Gasteiger partial charge in [0.15, 0.2) is 0 Å². The maximum absolute atomic E-state index is 12.5. The topological polar surface area (TPSA) is 40.5 Å². The van der Waals surface area contributed by atoms with Crippen molar-refractivity contribution in [1.82, 2.24) is 4.90 Å². The van der Waals surface area contributed by atoms with Crippen molar-refractivity contribution in [2.45, 2.75) is 39.7 Å². The highest BCUT2D eigenvalue weighted by Gasteiger charge is 2.17. The van der Waals surface area contributed by atoms with Crippen molar-refractivity contribution in [1.29, 1.82) is 0 Å². The van der Waals surface area contributed by atoms with Crippen LogP contribution in [-0.4, -0.2) is 35.6 Å². The molecule has 1 rings (SSSR count). The summed E-state index contributed by atoms with van der Waals surface area (Å²) in [7, 11) is 1.84. The number of rotatable bonds is 4. The Morgan fingerprint density at radius 3 is 2.70 bits per heavy atom. The van der Waals surface area contributed by atoms with E-state index in [0.29, 0.717) is 5.56 Å². The molecule has 1 atom stereocenters. The average Bonchev–Trinajstić information content (AvgIpc) is 2.43. The van der Waals surface area contributed by atoms with E-state index < -0.39 is 0 Å². The summed E-state index contributed by atoms with van der Waals surface area (Å²) in [5.74, 6) is 5.48. The number of amides is 1. The second-order valence-electron chi connectivity index (χ2n) is 5.10. The number of aryl methyl sites for hydroxylation is 1. The van der Waals surface area contributed by atoms with Crippen LogP contribution in [0.3, 0.4) is 0 Å². The Hall–Kier alpha value is -1.79. The number of aliphatic hydroxyl groups excluding tert-OH is 1. The van der Waals surface area contributed by atoms with E-state index in [1.165, 1.54) is 0 Å². The zero-order valence-electron chi connectivity index (χ0n) is 12.7. The highest BCUT2D eigenvalue weighted by atomic mass is 16.2. The molecule has 0 aliphatic carbocycles. The van der Waals surface area contributed by atoms with Crippen LogP contribution in [0.4, 0.5) is 0 Å². The normalized spacial score (nSPS) is 11.4. The van der Waals surface area contributed by atoms with E-state index in [1.54, 1.807) is 11.0 Å². The van der Waals surface area contributed by atoms with Crippen molar-refractivity contribution < 1.29 is 9.90 Å². The fourth-order valence-electron chi connectivity index (χ4n) is 2.14. The molecule has 3 nitrogen and oxygen atoms in total. The summed E-state index contributed by atoms with van der Waals surface area (Å²) in [4.78, 5) is 14.2. The van der Waals surface area contributed by atoms with E-state index in [9.17, 15) is 4.79 Å². The summed E-state index contributed by atoms with van der Waals surface area (Å²) in [6.45, 7) is 5.94. The molecule has 0 fully saturated rings. The lowest BCUT2D eigenvalue weighted by Gasteiger charge is -2.25. The Kier molecular flexibility index (Phi) is 6.27. The molecule has 1 aromatic carbocycles. The van der Waals surface area contributed by atoms with Gasteiger partial charge in [0.2, 0.25) is 0 Å². The predicted molar refractivity (Wildman–Crippen MR) is 81.6 cm³/mol. The number of carbonyl (C=O) groups is 1. The molecule has 1 amide bonds. The molecule has 0 aliphatic rings. The standard InChI is InChI=1S/C17H23NO2/c1-5-7-14(3)18(4)17(20)16-11-13(2)10-15(12-16)8-6-9-19/h10-12,14,19H,5,7,9H2,1-4H3. The zero-order chi connectivity index (χ0) is 15.1. The van der Waals surface area contributed by atoms with Crippen LogP contribution in [-0.2, 0) is 0 Å². The molecule has 1 N–H and O–H groups in total. The van der Waals surface area contributed by atoms with Crippen LogP contribution in [0.1, 0.15) is 48.2 Å². The highest BCUT2D eigenvalue weighted by Crippen LogP contribution is 2.14. The van der Waals surface area contributed by atoms with E-state index >= 15 is 0 Å². The first-order valence-electron chi connectivity index (χ1n) is 6.98. The van der Waals surface area contributed by atoms with Crippen molar-refractivity contribution in [3.8, 4) is 11.8 Å². The van der Waals surface area contributed by atoms with Crippen LogP contribution in [0, 0.1) is 18.8 Å². The maximum atomic E-state index is 12.5. The molecule has 108 valence electrons. The van der Waals surface area contributed by atoms with E-state index in [2.05, 4.69) is 25.7 Å². The molecule has 0 heterocycles. The number of aliphatic hydroxyl groups is 1. The lowest BCUT2D eigenvalue weighted by atomic mass is 10.0. The molecule has 1 unspecified atom stereocenters. The molecule has 0 aliphatic heterocycles. The Labute approximate surface area is 121 Å². The molecule has 0 saturated carbocycles. The molecule has 0 radical (unpaired) electrons. The molecule has 0 saturated heterocycles. The molecule has 3 heteroatoms. The van der Waals surface area contributed by atoms with Crippen LogP contribution in [0.15, 0.2) is 18.2 Å². The lowest BCUT2D eigenvalue weighted by Crippen LogP contribution is -2.35. The van der Waals surface area contributed by atoms with Crippen LogP contribution < -0.4 is 0 Å². The quantitative estimate of drug-likeness (QED) is 0.857. The Morgan fingerprint density at radius 2 is 2.10 bits per heavy atom. The van der Waals surface area contributed by atoms with E-state index in [-0.39, 0.29) is 18.6 Å². The summed E-state index contributed by atoms with van der Waals surface area (Å²) in [6, 6.07) is 5.80. The van der Waals surface area contributed by atoms with Crippen LogP contribution in [0.5, 0.6) is 0 Å². The number of hydrogen-bond acceptors (Lipinski definition) is 2. The van der Waals surface area contributed by atoms with Gasteiger partial charge in [0.05, 0.1) is 0 Å². The van der Waals surface area contributed by atoms with Gasteiger partial charge in [-0.15, -0.1) is 0 Å². The molecule has 0 spiro atoms. The number of carbonyl (C=O) groups excluding carboxylic acids is 1. The summed E-state index contributed by atoms with van der Waals surface area (Å²) in [6.07, 6.45) is 2.05. The molecule has 1 aromatic rings. The Bertz CT molecular complexity index is 526. The van der Waals surface area contributed by atoms with E-state index in [4.69, 9.17) is 5.11 Å². The number of hydrogen-bond donors (Lipinski definition) is 1. The van der Waals surface area contributed by atoms with Crippen molar-refractivity contribution in [3.63, 3.8) is 0 Å². The van der Waals surface area contributed by atoms with Crippen LogP contribution >= 0.6 is 0 Å². The van der Waals surface area contributed by atoms with E-state index in [1.807, 2.05) is 26.1 Å². The minimum Gasteiger partial charge on any atom is -0.384 e. The van der Waals surface area contributed by atoms with Gasteiger partial charge in [-0.1, -0.05) is 25.2 Å². The average molecular weight is 273 g/mol. The first-order chi connectivity index (χ1) is 9.49. The van der Waals surface area contributed by atoms with Crippen LogP contribution in [0.25, 0.3) is 0 Å². The van der Waals surface area contributed by atoms with Crippen molar-refractivity contribution in [2.24, 2.45) is 0 Å². The van der Waals surface area contributed by atoms with Gasteiger partial charge in [-0.2, -0.15) is 0 Å². The fourth-order valence-corrected chi connectivity index (χ4v) is 2.14. The Balaban J connectivity index is 3.00. The van der Waals surface area contributed by atoms with Gasteiger partial charge >= 0.3 is 0 Å². The number of nitrogens with zero attached hydrogens (tertiary/aromatic N) is 1. The molecular formula is C17H23NO2. The van der Waals surface area contributed by atoms with Crippen molar-refractivity contribution in [2.75, 3.05) is 13.7 Å². The minimum absolute atomic E-state index is 0.0155. The lowest BCUT2D eigenvalue weighted by molar-refractivity contribution is 0.0736. The predicted octanol–water partition coefficient (Wildman–Crippen LogP) is 2.60. The first kappa shape index (κ1) is 16.3. The molecule has 0 bridgehead atoms. The number of benzene rings is 1. The van der Waals surface area contributed by atoms with Crippen LogP contribution in [0.2, 0.25) is 0 Å². The summed E-state index contributed by atoms with van der Waals surface area (Å²) in [5, 5.41) is 8.75. The Morgan fingerprint density at radius 1 is 1.40 bits per heavy atom. The van der Waals surface area contributed by atoms with Crippen molar-refractivity contribution >= 4 is 5.91 Å². The fraction of sp³-hybridized carbons (Fsp3) is 0.471. The van der Waals surface area contributed by atoms with Gasteiger partial charge in [0.25, 0.3) is 5.91 Å². The largest absolute Gasteiger partial charge is 0.384 e. The monoisotopic (exact) mass is 273 g/mol.